The fourth-order valence-corrected chi connectivity index (χ4v) is 3.48. The van der Waals surface area contributed by atoms with E-state index in [0.29, 0.717) is 13.1 Å². The molecular weight excluding hydrogens is 378 g/mol. The Balaban J connectivity index is 1.19. The zero-order valence-corrected chi connectivity index (χ0v) is 17.3. The van der Waals surface area contributed by atoms with Crippen LogP contribution < -0.4 is 16.0 Å². The van der Waals surface area contributed by atoms with E-state index in [1.165, 1.54) is 10.9 Å². The van der Waals surface area contributed by atoms with E-state index in [2.05, 4.69) is 77.1 Å². The number of rotatable bonds is 8. The van der Waals surface area contributed by atoms with Crippen LogP contribution in [-0.2, 0) is 13.6 Å². The Bertz CT molecular complexity index is 1140. The SMILES string of the molecule is CN=C(NCCCn1ccc2ccccc21)NCCNc1ncnc2c1cnn2C. The molecule has 0 fully saturated rings. The first kappa shape index (κ1) is 19.7. The summed E-state index contributed by atoms with van der Waals surface area (Å²) >= 11 is 0. The van der Waals surface area contributed by atoms with Gasteiger partial charge in [0, 0.05) is 52.0 Å². The number of nitrogens with one attached hydrogen (secondary N) is 3. The summed E-state index contributed by atoms with van der Waals surface area (Å²) in [6.07, 6.45) is 6.49. The molecule has 3 N–H and O–H groups in total. The van der Waals surface area contributed by atoms with E-state index in [1.807, 2.05) is 7.05 Å². The fourth-order valence-electron chi connectivity index (χ4n) is 3.48. The van der Waals surface area contributed by atoms with Crippen LogP contribution >= 0.6 is 0 Å². The molecule has 0 aliphatic rings. The molecule has 3 heterocycles. The van der Waals surface area contributed by atoms with Crippen molar-refractivity contribution in [3.05, 3.63) is 49.1 Å². The summed E-state index contributed by atoms with van der Waals surface area (Å²) in [5.74, 6) is 1.58. The highest BCUT2D eigenvalue weighted by molar-refractivity contribution is 5.86. The first-order valence-corrected chi connectivity index (χ1v) is 10.1. The average Bonchev–Trinajstić information content (AvgIpc) is 3.37. The molecule has 4 aromatic rings. The van der Waals surface area contributed by atoms with Gasteiger partial charge in [-0.1, -0.05) is 18.2 Å². The van der Waals surface area contributed by atoms with Crippen molar-refractivity contribution in [1.29, 1.82) is 0 Å². The second-order valence-electron chi connectivity index (χ2n) is 7.00. The maximum atomic E-state index is 4.31. The van der Waals surface area contributed by atoms with E-state index in [0.717, 1.165) is 42.3 Å². The summed E-state index contributed by atoms with van der Waals surface area (Å²) in [6, 6.07) is 10.6. The Labute approximate surface area is 175 Å². The molecular formula is C21H27N9. The van der Waals surface area contributed by atoms with Crippen molar-refractivity contribution >= 4 is 33.7 Å². The van der Waals surface area contributed by atoms with E-state index in [4.69, 9.17) is 0 Å². The lowest BCUT2D eigenvalue weighted by Gasteiger charge is -2.13. The standard InChI is InChI=1S/C21H27N9/c1-22-21(24-9-5-12-30-13-8-16-6-3-4-7-18(16)30)25-11-10-23-19-17-14-28-29(2)20(17)27-15-26-19/h3-4,6-8,13-15H,5,9-12H2,1-2H3,(H2,22,24,25)(H,23,26,27). The molecule has 0 aliphatic heterocycles. The molecule has 30 heavy (non-hydrogen) atoms. The minimum absolute atomic E-state index is 0.705. The monoisotopic (exact) mass is 405 g/mol. The maximum absolute atomic E-state index is 4.31. The summed E-state index contributed by atoms with van der Waals surface area (Å²) in [5, 5.41) is 16.4. The Kier molecular flexibility index (Phi) is 6.07. The van der Waals surface area contributed by atoms with Crippen LogP contribution in [0.1, 0.15) is 6.42 Å². The van der Waals surface area contributed by atoms with Crippen molar-refractivity contribution in [2.24, 2.45) is 12.0 Å². The number of anilines is 1. The highest BCUT2D eigenvalue weighted by Gasteiger charge is 2.07. The molecule has 0 atom stereocenters. The van der Waals surface area contributed by atoms with Gasteiger partial charge in [0.1, 0.15) is 12.1 Å². The van der Waals surface area contributed by atoms with Gasteiger partial charge in [0.05, 0.1) is 11.6 Å². The fraction of sp³-hybridized carbons (Fsp3) is 0.333. The van der Waals surface area contributed by atoms with E-state index in [1.54, 1.807) is 24.3 Å². The second-order valence-corrected chi connectivity index (χ2v) is 7.00. The Morgan fingerprint density at radius 2 is 1.93 bits per heavy atom. The molecule has 0 radical (unpaired) electrons. The van der Waals surface area contributed by atoms with Crippen molar-refractivity contribution in [2.45, 2.75) is 13.0 Å². The lowest BCUT2D eigenvalue weighted by Crippen LogP contribution is -2.40. The van der Waals surface area contributed by atoms with Crippen LogP contribution in [0.4, 0.5) is 5.82 Å². The number of para-hydroxylation sites is 1. The summed E-state index contributed by atoms with van der Waals surface area (Å²) in [7, 11) is 3.65. The van der Waals surface area contributed by atoms with Gasteiger partial charge >= 0.3 is 0 Å². The highest BCUT2D eigenvalue weighted by atomic mass is 15.3. The molecule has 9 heteroatoms. The number of nitrogens with zero attached hydrogens (tertiary/aromatic N) is 6. The molecule has 0 saturated carbocycles. The molecule has 0 amide bonds. The van der Waals surface area contributed by atoms with Crippen molar-refractivity contribution in [3.8, 4) is 0 Å². The number of aryl methyl sites for hydroxylation is 2. The largest absolute Gasteiger partial charge is 0.368 e. The summed E-state index contributed by atoms with van der Waals surface area (Å²) in [6.45, 7) is 3.24. The number of aliphatic imine (C=N–C) groups is 1. The zero-order valence-electron chi connectivity index (χ0n) is 17.3. The van der Waals surface area contributed by atoms with Gasteiger partial charge in [0.25, 0.3) is 0 Å². The van der Waals surface area contributed by atoms with E-state index in [9.17, 15) is 0 Å². The van der Waals surface area contributed by atoms with Crippen molar-refractivity contribution in [2.75, 3.05) is 32.0 Å². The van der Waals surface area contributed by atoms with Crippen molar-refractivity contribution < 1.29 is 0 Å². The van der Waals surface area contributed by atoms with Gasteiger partial charge in [-0.05, 0) is 23.9 Å². The predicted molar refractivity (Wildman–Crippen MR) is 121 cm³/mol. The predicted octanol–water partition coefficient (Wildman–Crippen LogP) is 1.99. The van der Waals surface area contributed by atoms with Crippen LogP contribution in [0.25, 0.3) is 21.9 Å². The molecule has 0 unspecified atom stereocenters. The van der Waals surface area contributed by atoms with Gasteiger partial charge in [-0.2, -0.15) is 5.10 Å². The second kappa shape index (κ2) is 9.25. The van der Waals surface area contributed by atoms with E-state index in [-0.39, 0.29) is 0 Å². The highest BCUT2D eigenvalue weighted by Crippen LogP contribution is 2.17. The Hall–Kier alpha value is -3.62. The van der Waals surface area contributed by atoms with Gasteiger partial charge in [-0.15, -0.1) is 0 Å². The third-order valence-electron chi connectivity index (χ3n) is 5.01. The molecule has 0 aliphatic carbocycles. The quantitative estimate of drug-likeness (QED) is 0.236. The molecule has 9 nitrogen and oxygen atoms in total. The molecule has 1 aromatic carbocycles. The first-order valence-electron chi connectivity index (χ1n) is 10.1. The normalized spacial score (nSPS) is 11.9. The topological polar surface area (TPSA) is 97.0 Å². The summed E-state index contributed by atoms with van der Waals surface area (Å²) in [5.41, 5.74) is 2.09. The number of guanidine groups is 1. The molecule has 4 rings (SSSR count). The van der Waals surface area contributed by atoms with Crippen molar-refractivity contribution in [1.82, 2.24) is 34.9 Å². The van der Waals surface area contributed by atoms with Crippen LogP contribution in [0.5, 0.6) is 0 Å². The third-order valence-corrected chi connectivity index (χ3v) is 5.01. The lowest BCUT2D eigenvalue weighted by molar-refractivity contribution is 0.641. The number of hydrogen-bond acceptors (Lipinski definition) is 5. The van der Waals surface area contributed by atoms with Gasteiger partial charge in [0.2, 0.25) is 0 Å². The number of aromatic nitrogens is 5. The van der Waals surface area contributed by atoms with Gasteiger partial charge < -0.3 is 20.5 Å². The van der Waals surface area contributed by atoms with Gasteiger partial charge in [-0.25, -0.2) is 9.97 Å². The van der Waals surface area contributed by atoms with Crippen LogP contribution in [0.3, 0.4) is 0 Å². The van der Waals surface area contributed by atoms with Crippen LogP contribution in [0, 0.1) is 0 Å². The molecule has 156 valence electrons. The van der Waals surface area contributed by atoms with Gasteiger partial charge in [-0.3, -0.25) is 9.67 Å². The van der Waals surface area contributed by atoms with E-state index < -0.39 is 0 Å². The smallest absolute Gasteiger partial charge is 0.191 e. The third kappa shape index (κ3) is 4.35. The number of fused-ring (bicyclic) bond motifs is 2. The molecule has 3 aromatic heterocycles. The number of hydrogen-bond donors (Lipinski definition) is 3. The summed E-state index contributed by atoms with van der Waals surface area (Å²) < 4.78 is 4.03. The molecule has 0 bridgehead atoms. The first-order chi connectivity index (χ1) is 14.8. The Morgan fingerprint density at radius 1 is 1.07 bits per heavy atom. The maximum Gasteiger partial charge on any atom is 0.191 e. The number of benzene rings is 1. The van der Waals surface area contributed by atoms with Crippen molar-refractivity contribution in [3.63, 3.8) is 0 Å². The van der Waals surface area contributed by atoms with E-state index >= 15 is 0 Å². The van der Waals surface area contributed by atoms with Gasteiger partial charge in [0.15, 0.2) is 11.6 Å². The van der Waals surface area contributed by atoms with Crippen LogP contribution in [-0.4, -0.2) is 57.0 Å². The minimum Gasteiger partial charge on any atom is -0.368 e. The van der Waals surface area contributed by atoms with Crippen LogP contribution in [0.2, 0.25) is 0 Å². The lowest BCUT2D eigenvalue weighted by atomic mass is 10.2. The molecule has 0 saturated heterocycles. The van der Waals surface area contributed by atoms with Crippen LogP contribution in [0.15, 0.2) is 54.0 Å². The zero-order chi connectivity index (χ0) is 20.8. The Morgan fingerprint density at radius 3 is 2.83 bits per heavy atom. The molecule has 0 spiro atoms. The summed E-state index contributed by atoms with van der Waals surface area (Å²) in [4.78, 5) is 12.9. The average molecular weight is 406 g/mol. The minimum atomic E-state index is 0.705.